The molecule has 5 nitrogen and oxygen atoms in total. The Morgan fingerprint density at radius 1 is 1.35 bits per heavy atom. The van der Waals surface area contributed by atoms with Gasteiger partial charge in [-0.25, -0.2) is 0 Å². The Balaban J connectivity index is 1.93. The number of carbonyl (C=O) groups excluding carboxylic acids is 1. The Kier molecular flexibility index (Phi) is 4.44. The third kappa shape index (κ3) is 3.47. The average Bonchev–Trinajstić information content (AvgIpc) is 2.79. The summed E-state index contributed by atoms with van der Waals surface area (Å²) in [5.41, 5.74) is 5.31. The molecule has 2 rings (SSSR count). The molecule has 1 fully saturated rings. The van der Waals surface area contributed by atoms with Crippen molar-refractivity contribution in [2.45, 2.75) is 44.4 Å². The second-order valence-corrected chi connectivity index (χ2v) is 5.38. The van der Waals surface area contributed by atoms with Crippen molar-refractivity contribution in [1.82, 2.24) is 10.2 Å². The molecule has 1 aliphatic rings. The van der Waals surface area contributed by atoms with Crippen molar-refractivity contribution < 1.29 is 4.79 Å². The Morgan fingerprint density at radius 2 is 2.12 bits per heavy atom. The maximum atomic E-state index is 11.3. The number of nitrogens with one attached hydrogen (secondary N) is 1. The van der Waals surface area contributed by atoms with Gasteiger partial charge in [-0.15, -0.1) is 10.2 Å². The van der Waals surface area contributed by atoms with Crippen molar-refractivity contribution in [3.8, 4) is 0 Å². The quantitative estimate of drug-likeness (QED) is 0.859. The first kappa shape index (κ1) is 12.4. The molecule has 0 saturated heterocycles. The van der Waals surface area contributed by atoms with Gasteiger partial charge in [0.05, 0.1) is 0 Å². The number of aromatic nitrogens is 2. The number of rotatable bonds is 4. The first-order valence-corrected chi connectivity index (χ1v) is 6.94. The van der Waals surface area contributed by atoms with Gasteiger partial charge >= 0.3 is 0 Å². The second-order valence-electron chi connectivity index (χ2n) is 4.37. The van der Waals surface area contributed by atoms with Crippen LogP contribution in [0.4, 0.5) is 5.13 Å². The van der Waals surface area contributed by atoms with Crippen LogP contribution in [0.1, 0.15) is 49.5 Å². The molecule has 6 heteroatoms. The minimum absolute atomic E-state index is 0.0844. The van der Waals surface area contributed by atoms with Crippen LogP contribution in [0.15, 0.2) is 0 Å². The van der Waals surface area contributed by atoms with Crippen LogP contribution in [0.25, 0.3) is 0 Å². The van der Waals surface area contributed by atoms with E-state index in [0.717, 1.165) is 5.01 Å². The van der Waals surface area contributed by atoms with Gasteiger partial charge in [0, 0.05) is 18.9 Å². The lowest BCUT2D eigenvalue weighted by molar-refractivity contribution is -0.116. The van der Waals surface area contributed by atoms with E-state index in [1.807, 2.05) is 0 Å². The molecule has 1 aliphatic carbocycles. The van der Waals surface area contributed by atoms with Crippen LogP contribution < -0.4 is 11.1 Å². The normalized spacial score (nSPS) is 17.0. The summed E-state index contributed by atoms with van der Waals surface area (Å²) in [5, 5.41) is 12.6. The smallest absolute Gasteiger partial charge is 0.227 e. The summed E-state index contributed by atoms with van der Waals surface area (Å²) in [6, 6.07) is 0. The third-order valence-electron chi connectivity index (χ3n) is 3.01. The van der Waals surface area contributed by atoms with Crippen molar-refractivity contribution >= 4 is 22.4 Å². The van der Waals surface area contributed by atoms with E-state index in [4.69, 9.17) is 5.73 Å². The zero-order chi connectivity index (χ0) is 12.1. The van der Waals surface area contributed by atoms with Gasteiger partial charge in [0.1, 0.15) is 5.01 Å². The van der Waals surface area contributed by atoms with Crippen molar-refractivity contribution in [1.29, 1.82) is 0 Å². The number of hydrogen-bond donors (Lipinski definition) is 2. The summed E-state index contributed by atoms with van der Waals surface area (Å²) >= 11 is 1.50. The summed E-state index contributed by atoms with van der Waals surface area (Å²) in [5.74, 6) is 0.459. The molecule has 1 saturated carbocycles. The minimum atomic E-state index is -0.0844. The number of nitrogens with zero attached hydrogens (tertiary/aromatic N) is 2. The summed E-state index contributed by atoms with van der Waals surface area (Å²) in [6.45, 7) is 0.361. The third-order valence-corrected chi connectivity index (χ3v) is 4.01. The highest BCUT2D eigenvalue weighted by Crippen LogP contribution is 2.35. The Labute approximate surface area is 105 Å². The van der Waals surface area contributed by atoms with Crippen molar-refractivity contribution in [2.75, 3.05) is 11.9 Å². The Bertz CT molecular complexity index is 373. The van der Waals surface area contributed by atoms with Gasteiger partial charge in [0.2, 0.25) is 11.0 Å². The van der Waals surface area contributed by atoms with Gasteiger partial charge in [-0.2, -0.15) is 0 Å². The predicted molar refractivity (Wildman–Crippen MR) is 68.0 cm³/mol. The topological polar surface area (TPSA) is 80.9 Å². The fourth-order valence-electron chi connectivity index (χ4n) is 2.11. The van der Waals surface area contributed by atoms with Crippen LogP contribution in [0.2, 0.25) is 0 Å². The van der Waals surface area contributed by atoms with Crippen LogP contribution in [0.5, 0.6) is 0 Å². The molecule has 0 aliphatic heterocycles. The number of amides is 1. The Morgan fingerprint density at radius 3 is 2.82 bits per heavy atom. The number of carbonyl (C=O) groups is 1. The molecule has 0 bridgehead atoms. The standard InChI is InChI=1S/C11H18N4OS/c12-7-6-9(16)13-11-15-14-10(17-11)8-4-2-1-3-5-8/h8H,1-7,12H2,(H,13,15,16). The molecule has 1 amide bonds. The average molecular weight is 254 g/mol. The fraction of sp³-hybridized carbons (Fsp3) is 0.727. The van der Waals surface area contributed by atoms with E-state index in [0.29, 0.717) is 24.0 Å². The van der Waals surface area contributed by atoms with Crippen LogP contribution >= 0.6 is 11.3 Å². The molecule has 94 valence electrons. The molecule has 3 N–H and O–H groups in total. The highest BCUT2D eigenvalue weighted by molar-refractivity contribution is 7.15. The summed E-state index contributed by atoms with van der Waals surface area (Å²) in [4.78, 5) is 11.3. The number of anilines is 1. The monoisotopic (exact) mass is 254 g/mol. The number of nitrogens with two attached hydrogens (primary N) is 1. The molecule has 1 aromatic heterocycles. The molecule has 0 radical (unpaired) electrons. The first-order valence-electron chi connectivity index (χ1n) is 6.13. The predicted octanol–water partition coefficient (Wildman–Crippen LogP) is 1.87. The van der Waals surface area contributed by atoms with Gasteiger partial charge < -0.3 is 11.1 Å². The zero-order valence-corrected chi connectivity index (χ0v) is 10.6. The molecule has 17 heavy (non-hydrogen) atoms. The zero-order valence-electron chi connectivity index (χ0n) is 9.82. The van der Waals surface area contributed by atoms with E-state index in [1.54, 1.807) is 0 Å². The minimum Gasteiger partial charge on any atom is -0.330 e. The highest BCUT2D eigenvalue weighted by Gasteiger charge is 2.19. The lowest BCUT2D eigenvalue weighted by Gasteiger charge is -2.18. The molecule has 1 aromatic rings. The van der Waals surface area contributed by atoms with E-state index < -0.39 is 0 Å². The van der Waals surface area contributed by atoms with Crippen molar-refractivity contribution in [3.05, 3.63) is 5.01 Å². The number of hydrogen-bond acceptors (Lipinski definition) is 5. The van der Waals surface area contributed by atoms with Crippen LogP contribution in [0, 0.1) is 0 Å². The maximum absolute atomic E-state index is 11.3. The van der Waals surface area contributed by atoms with E-state index in [1.165, 1.54) is 43.4 Å². The van der Waals surface area contributed by atoms with E-state index in [2.05, 4.69) is 15.5 Å². The lowest BCUT2D eigenvalue weighted by Crippen LogP contribution is -2.15. The van der Waals surface area contributed by atoms with Gasteiger partial charge in [-0.3, -0.25) is 4.79 Å². The Hall–Kier alpha value is -1.01. The first-order chi connectivity index (χ1) is 8.29. The highest BCUT2D eigenvalue weighted by atomic mass is 32.1. The molecule has 0 atom stereocenters. The molecule has 0 spiro atoms. The summed E-state index contributed by atoms with van der Waals surface area (Å²) in [7, 11) is 0. The van der Waals surface area contributed by atoms with Crippen LogP contribution in [0.3, 0.4) is 0 Å². The van der Waals surface area contributed by atoms with Crippen LogP contribution in [-0.4, -0.2) is 22.6 Å². The van der Waals surface area contributed by atoms with Gasteiger partial charge in [0.25, 0.3) is 0 Å². The van der Waals surface area contributed by atoms with E-state index in [-0.39, 0.29) is 5.91 Å². The van der Waals surface area contributed by atoms with E-state index in [9.17, 15) is 4.79 Å². The van der Waals surface area contributed by atoms with Gasteiger partial charge in [-0.1, -0.05) is 30.6 Å². The molecular formula is C11H18N4OS. The molecular weight excluding hydrogens is 236 g/mol. The fourth-order valence-corrected chi connectivity index (χ4v) is 3.04. The van der Waals surface area contributed by atoms with Crippen LogP contribution in [-0.2, 0) is 4.79 Å². The summed E-state index contributed by atoms with van der Waals surface area (Å²) < 4.78 is 0. The molecule has 0 aromatic carbocycles. The van der Waals surface area contributed by atoms with Crippen molar-refractivity contribution in [3.63, 3.8) is 0 Å². The van der Waals surface area contributed by atoms with Crippen molar-refractivity contribution in [2.24, 2.45) is 5.73 Å². The van der Waals surface area contributed by atoms with Gasteiger partial charge in [0.15, 0.2) is 0 Å². The largest absolute Gasteiger partial charge is 0.330 e. The molecule has 0 unspecified atom stereocenters. The SMILES string of the molecule is NCCC(=O)Nc1nnc(C2CCCCC2)s1. The lowest BCUT2D eigenvalue weighted by atomic mass is 9.90. The van der Waals surface area contributed by atoms with Gasteiger partial charge in [-0.05, 0) is 12.8 Å². The second kappa shape index (κ2) is 6.07. The summed E-state index contributed by atoms with van der Waals surface area (Å²) in [6.07, 6.45) is 6.61. The molecule has 1 heterocycles. The van der Waals surface area contributed by atoms with E-state index >= 15 is 0 Å². The maximum Gasteiger partial charge on any atom is 0.227 e.